The number of hydrogen-bond donors (Lipinski definition) is 2. The van der Waals surface area contributed by atoms with Crippen LogP contribution in [0.2, 0.25) is 0 Å². The van der Waals surface area contributed by atoms with E-state index in [-0.39, 0.29) is 12.2 Å². The third kappa shape index (κ3) is 3.71. The highest BCUT2D eigenvalue weighted by Crippen LogP contribution is 1.98. The molecule has 0 fully saturated rings. The third-order valence-electron chi connectivity index (χ3n) is 1.67. The van der Waals surface area contributed by atoms with Crippen molar-refractivity contribution in [2.75, 3.05) is 0 Å². The van der Waals surface area contributed by atoms with Crippen LogP contribution >= 0.6 is 0 Å². The minimum Gasteiger partial charge on any atom is -0.513 e. The molecule has 1 heterocycles. The van der Waals surface area contributed by atoms with Crippen molar-refractivity contribution < 1.29 is 14.8 Å². The lowest BCUT2D eigenvalue weighted by molar-refractivity contribution is -0.703. The van der Waals surface area contributed by atoms with Gasteiger partial charge in [-0.15, -0.1) is 0 Å². The quantitative estimate of drug-likeness (QED) is 0.531. The van der Waals surface area contributed by atoms with E-state index in [0.29, 0.717) is 6.54 Å². The summed E-state index contributed by atoms with van der Waals surface area (Å²) in [6, 6.07) is 5.69. The second-order valence-electron chi connectivity index (χ2n) is 3.00. The van der Waals surface area contributed by atoms with Gasteiger partial charge in [-0.25, -0.2) is 4.57 Å². The summed E-state index contributed by atoms with van der Waals surface area (Å²) in [5.74, 6) is 0.0176. The Kier molecular flexibility index (Phi) is 3.46. The van der Waals surface area contributed by atoms with E-state index >= 15 is 0 Å². The van der Waals surface area contributed by atoms with Crippen LogP contribution in [0, 0.1) is 0 Å². The van der Waals surface area contributed by atoms with Crippen LogP contribution in [0.4, 0.5) is 0 Å². The SMILES string of the molecule is C=C(O)CC(O)C[n+]1ccccc1. The van der Waals surface area contributed by atoms with Crippen LogP contribution in [0.3, 0.4) is 0 Å². The molecular formula is C10H14NO2+. The fraction of sp³-hybridized carbons (Fsp3) is 0.300. The number of aliphatic hydroxyl groups is 2. The van der Waals surface area contributed by atoms with Gasteiger partial charge in [0.25, 0.3) is 0 Å². The van der Waals surface area contributed by atoms with Crippen LogP contribution in [0.5, 0.6) is 0 Å². The summed E-state index contributed by atoms with van der Waals surface area (Å²) in [6.07, 6.45) is 3.37. The highest BCUT2D eigenvalue weighted by molar-refractivity contribution is 4.84. The summed E-state index contributed by atoms with van der Waals surface area (Å²) in [5, 5.41) is 18.3. The van der Waals surface area contributed by atoms with Crippen molar-refractivity contribution in [2.24, 2.45) is 0 Å². The third-order valence-corrected chi connectivity index (χ3v) is 1.67. The van der Waals surface area contributed by atoms with Crippen molar-refractivity contribution in [1.82, 2.24) is 0 Å². The molecule has 0 aromatic carbocycles. The van der Waals surface area contributed by atoms with Crippen LogP contribution in [0.15, 0.2) is 42.9 Å². The first kappa shape index (κ1) is 9.74. The molecule has 1 aromatic rings. The van der Waals surface area contributed by atoms with E-state index in [9.17, 15) is 5.11 Å². The first-order valence-corrected chi connectivity index (χ1v) is 4.17. The molecule has 2 N–H and O–H groups in total. The minimum atomic E-state index is -0.579. The molecule has 70 valence electrons. The van der Waals surface area contributed by atoms with Gasteiger partial charge in [-0.3, -0.25) is 0 Å². The fourth-order valence-corrected chi connectivity index (χ4v) is 1.14. The monoisotopic (exact) mass is 180 g/mol. The molecule has 0 saturated carbocycles. The van der Waals surface area contributed by atoms with Crippen molar-refractivity contribution in [2.45, 2.75) is 19.1 Å². The Morgan fingerprint density at radius 1 is 1.31 bits per heavy atom. The van der Waals surface area contributed by atoms with Gasteiger partial charge in [0, 0.05) is 18.6 Å². The van der Waals surface area contributed by atoms with Gasteiger partial charge in [0.1, 0.15) is 6.10 Å². The zero-order valence-corrected chi connectivity index (χ0v) is 7.43. The largest absolute Gasteiger partial charge is 0.513 e. The zero-order chi connectivity index (χ0) is 9.68. The average molecular weight is 180 g/mol. The van der Waals surface area contributed by atoms with Gasteiger partial charge in [0.2, 0.25) is 0 Å². The summed E-state index contributed by atoms with van der Waals surface area (Å²) in [7, 11) is 0. The minimum absolute atomic E-state index is 0.0176. The Morgan fingerprint density at radius 3 is 2.46 bits per heavy atom. The number of pyridine rings is 1. The topological polar surface area (TPSA) is 44.3 Å². The molecule has 0 aliphatic rings. The van der Waals surface area contributed by atoms with E-state index in [0.717, 1.165) is 0 Å². The summed E-state index contributed by atoms with van der Waals surface area (Å²) in [5.41, 5.74) is 0. The number of hydrogen-bond acceptors (Lipinski definition) is 2. The predicted molar refractivity (Wildman–Crippen MR) is 49.0 cm³/mol. The molecule has 1 unspecified atom stereocenters. The van der Waals surface area contributed by atoms with Gasteiger partial charge in [0.15, 0.2) is 18.9 Å². The van der Waals surface area contributed by atoms with Crippen LogP contribution in [0.1, 0.15) is 6.42 Å². The van der Waals surface area contributed by atoms with Crippen LogP contribution in [-0.4, -0.2) is 16.3 Å². The van der Waals surface area contributed by atoms with Crippen molar-refractivity contribution in [3.8, 4) is 0 Å². The molecule has 3 nitrogen and oxygen atoms in total. The molecule has 0 aliphatic carbocycles. The second kappa shape index (κ2) is 4.62. The normalized spacial score (nSPS) is 12.4. The molecule has 3 heteroatoms. The maximum Gasteiger partial charge on any atom is 0.174 e. The Hall–Kier alpha value is -1.35. The Balaban J connectivity index is 2.45. The lowest BCUT2D eigenvalue weighted by atomic mass is 10.2. The van der Waals surface area contributed by atoms with Gasteiger partial charge in [-0.1, -0.05) is 12.6 Å². The Morgan fingerprint density at radius 2 is 1.92 bits per heavy atom. The maximum atomic E-state index is 9.43. The van der Waals surface area contributed by atoms with E-state index in [2.05, 4.69) is 6.58 Å². The maximum absolute atomic E-state index is 9.43. The van der Waals surface area contributed by atoms with Crippen LogP contribution in [0.25, 0.3) is 0 Å². The van der Waals surface area contributed by atoms with Gasteiger partial charge < -0.3 is 10.2 Å². The van der Waals surface area contributed by atoms with Crippen molar-refractivity contribution >= 4 is 0 Å². The van der Waals surface area contributed by atoms with E-state index in [1.54, 1.807) is 0 Å². The van der Waals surface area contributed by atoms with Crippen molar-refractivity contribution in [3.63, 3.8) is 0 Å². The highest BCUT2D eigenvalue weighted by Gasteiger charge is 2.10. The Bertz CT molecular complexity index is 272. The molecular weight excluding hydrogens is 166 g/mol. The smallest absolute Gasteiger partial charge is 0.174 e. The van der Waals surface area contributed by atoms with Gasteiger partial charge in [-0.2, -0.15) is 0 Å². The summed E-state index contributed by atoms with van der Waals surface area (Å²) < 4.78 is 1.85. The molecule has 1 aromatic heterocycles. The van der Waals surface area contributed by atoms with Gasteiger partial charge >= 0.3 is 0 Å². The molecule has 0 bridgehead atoms. The zero-order valence-electron chi connectivity index (χ0n) is 7.43. The number of aliphatic hydroxyl groups excluding tert-OH is 2. The van der Waals surface area contributed by atoms with Crippen LogP contribution in [-0.2, 0) is 6.54 Å². The molecule has 0 radical (unpaired) electrons. The van der Waals surface area contributed by atoms with E-state index in [4.69, 9.17) is 5.11 Å². The molecule has 0 aliphatic heterocycles. The van der Waals surface area contributed by atoms with Crippen molar-refractivity contribution in [3.05, 3.63) is 42.9 Å². The lowest BCUT2D eigenvalue weighted by Gasteiger charge is -2.04. The fourth-order valence-electron chi connectivity index (χ4n) is 1.14. The first-order chi connectivity index (χ1) is 6.18. The first-order valence-electron chi connectivity index (χ1n) is 4.17. The molecule has 1 atom stereocenters. The van der Waals surface area contributed by atoms with E-state index in [1.807, 2.05) is 35.2 Å². The number of rotatable bonds is 4. The number of aromatic nitrogens is 1. The highest BCUT2D eigenvalue weighted by atomic mass is 16.3. The van der Waals surface area contributed by atoms with Gasteiger partial charge in [-0.05, 0) is 0 Å². The molecule has 13 heavy (non-hydrogen) atoms. The summed E-state index contributed by atoms with van der Waals surface area (Å²) in [6.45, 7) is 3.80. The molecule has 0 saturated heterocycles. The van der Waals surface area contributed by atoms with E-state index < -0.39 is 6.10 Å². The summed E-state index contributed by atoms with van der Waals surface area (Å²) in [4.78, 5) is 0. The molecule has 0 amide bonds. The average Bonchev–Trinajstić information content (AvgIpc) is 2.04. The second-order valence-corrected chi connectivity index (χ2v) is 3.00. The van der Waals surface area contributed by atoms with Crippen molar-refractivity contribution in [1.29, 1.82) is 0 Å². The van der Waals surface area contributed by atoms with E-state index in [1.165, 1.54) is 0 Å². The van der Waals surface area contributed by atoms with Gasteiger partial charge in [0.05, 0.1) is 5.76 Å². The lowest BCUT2D eigenvalue weighted by Crippen LogP contribution is -2.39. The number of nitrogens with zero attached hydrogens (tertiary/aromatic N) is 1. The summed E-state index contributed by atoms with van der Waals surface area (Å²) >= 11 is 0. The predicted octanol–water partition coefficient (Wildman–Crippen LogP) is 0.797. The standard InChI is InChI=1S/C10H13NO2/c1-9(12)7-10(13)8-11-5-3-2-4-6-11/h2-6,10,13H,1,7-8H2/p+1. The molecule has 1 rings (SSSR count). The Labute approximate surface area is 77.6 Å². The molecule has 0 spiro atoms. The van der Waals surface area contributed by atoms with Crippen LogP contribution < -0.4 is 4.57 Å².